The lowest BCUT2D eigenvalue weighted by atomic mass is 10.2. The van der Waals surface area contributed by atoms with Crippen molar-refractivity contribution < 1.29 is 8.42 Å². The Kier molecular flexibility index (Phi) is 3.37. The summed E-state index contributed by atoms with van der Waals surface area (Å²) in [4.78, 5) is 0.342. The van der Waals surface area contributed by atoms with Gasteiger partial charge in [0.1, 0.15) is 0 Å². The van der Waals surface area contributed by atoms with Crippen molar-refractivity contribution >= 4 is 26.0 Å². The van der Waals surface area contributed by atoms with Gasteiger partial charge in [0.2, 0.25) is 10.0 Å². The van der Waals surface area contributed by atoms with E-state index in [1.54, 1.807) is 18.2 Å². The van der Waals surface area contributed by atoms with Crippen LogP contribution < -0.4 is 4.72 Å². The van der Waals surface area contributed by atoms with Gasteiger partial charge in [-0.15, -0.1) is 0 Å². The number of sulfonamides is 1. The molecule has 1 aromatic carbocycles. The zero-order valence-electron chi connectivity index (χ0n) is 9.03. The van der Waals surface area contributed by atoms with E-state index in [2.05, 4.69) is 20.7 Å². The van der Waals surface area contributed by atoms with Gasteiger partial charge in [0.15, 0.2) is 0 Å². The number of halogens is 1. The molecule has 0 aromatic heterocycles. The van der Waals surface area contributed by atoms with Crippen LogP contribution in [0.25, 0.3) is 0 Å². The van der Waals surface area contributed by atoms with E-state index in [1.807, 2.05) is 6.92 Å². The Balaban J connectivity index is 2.17. The Morgan fingerprint density at radius 3 is 2.69 bits per heavy atom. The van der Waals surface area contributed by atoms with E-state index in [1.165, 1.54) is 0 Å². The number of benzene rings is 1. The number of rotatable bonds is 4. The number of nitrogens with one attached hydrogen (secondary N) is 1. The van der Waals surface area contributed by atoms with E-state index in [0.29, 0.717) is 17.4 Å². The lowest BCUT2D eigenvalue weighted by Crippen LogP contribution is -2.25. The van der Waals surface area contributed by atoms with Crippen molar-refractivity contribution in [2.24, 2.45) is 5.92 Å². The monoisotopic (exact) mass is 303 g/mol. The SMILES string of the molecule is Cc1cc(S(=O)(=O)NCC2CC2)ccc1Br. The van der Waals surface area contributed by atoms with Crippen molar-refractivity contribution in [3.05, 3.63) is 28.2 Å². The number of hydrogen-bond acceptors (Lipinski definition) is 2. The Bertz CT molecular complexity index is 495. The van der Waals surface area contributed by atoms with E-state index in [0.717, 1.165) is 22.9 Å². The van der Waals surface area contributed by atoms with Gasteiger partial charge in [-0.05, 0) is 49.4 Å². The van der Waals surface area contributed by atoms with Crippen molar-refractivity contribution in [3.63, 3.8) is 0 Å². The molecule has 1 aliphatic carbocycles. The smallest absolute Gasteiger partial charge is 0.211 e. The minimum atomic E-state index is -3.33. The number of hydrogen-bond donors (Lipinski definition) is 1. The van der Waals surface area contributed by atoms with Crippen molar-refractivity contribution in [1.82, 2.24) is 4.72 Å². The second-order valence-electron chi connectivity index (χ2n) is 4.21. The van der Waals surface area contributed by atoms with E-state index in [-0.39, 0.29) is 0 Å². The summed E-state index contributed by atoms with van der Waals surface area (Å²) >= 11 is 3.35. The molecule has 0 spiro atoms. The standard InChI is InChI=1S/C11H14BrNO2S/c1-8-6-10(4-5-11(8)12)16(14,15)13-7-9-2-3-9/h4-6,9,13H,2-3,7H2,1H3. The van der Waals surface area contributed by atoms with Gasteiger partial charge in [0.25, 0.3) is 0 Å². The molecule has 0 bridgehead atoms. The van der Waals surface area contributed by atoms with Gasteiger partial charge >= 0.3 is 0 Å². The van der Waals surface area contributed by atoms with Gasteiger partial charge in [0, 0.05) is 11.0 Å². The van der Waals surface area contributed by atoms with Crippen LogP contribution in [-0.4, -0.2) is 15.0 Å². The topological polar surface area (TPSA) is 46.2 Å². The van der Waals surface area contributed by atoms with Gasteiger partial charge in [-0.2, -0.15) is 0 Å². The summed E-state index contributed by atoms with van der Waals surface area (Å²) in [5, 5.41) is 0. The molecular weight excluding hydrogens is 290 g/mol. The second kappa shape index (κ2) is 4.47. The molecule has 5 heteroatoms. The average Bonchev–Trinajstić information content (AvgIpc) is 3.03. The first kappa shape index (κ1) is 12.1. The molecule has 88 valence electrons. The van der Waals surface area contributed by atoms with Crippen LogP contribution in [0.2, 0.25) is 0 Å². The largest absolute Gasteiger partial charge is 0.240 e. The lowest BCUT2D eigenvalue weighted by molar-refractivity contribution is 0.577. The Morgan fingerprint density at radius 2 is 2.12 bits per heavy atom. The molecule has 0 atom stereocenters. The lowest BCUT2D eigenvalue weighted by Gasteiger charge is -2.07. The molecular formula is C11H14BrNO2S. The molecule has 1 N–H and O–H groups in total. The highest BCUT2D eigenvalue weighted by molar-refractivity contribution is 9.10. The zero-order valence-corrected chi connectivity index (χ0v) is 11.4. The van der Waals surface area contributed by atoms with E-state index in [9.17, 15) is 8.42 Å². The molecule has 0 radical (unpaired) electrons. The first-order valence-electron chi connectivity index (χ1n) is 5.25. The van der Waals surface area contributed by atoms with Crippen LogP contribution in [-0.2, 0) is 10.0 Å². The fourth-order valence-corrected chi connectivity index (χ4v) is 2.86. The summed E-state index contributed by atoms with van der Waals surface area (Å²) < 4.78 is 27.4. The summed E-state index contributed by atoms with van der Waals surface area (Å²) in [6.07, 6.45) is 2.28. The maximum absolute atomic E-state index is 11.9. The maximum Gasteiger partial charge on any atom is 0.240 e. The maximum atomic E-state index is 11.9. The molecule has 0 saturated heterocycles. The third kappa shape index (κ3) is 2.84. The van der Waals surface area contributed by atoms with Crippen LogP contribution in [0, 0.1) is 12.8 Å². The third-order valence-electron chi connectivity index (χ3n) is 2.70. The fraction of sp³-hybridized carbons (Fsp3) is 0.455. The molecule has 1 saturated carbocycles. The number of aryl methyl sites for hydroxylation is 1. The van der Waals surface area contributed by atoms with Crippen LogP contribution >= 0.6 is 15.9 Å². The minimum absolute atomic E-state index is 0.342. The highest BCUT2D eigenvalue weighted by Gasteiger charge is 2.24. The highest BCUT2D eigenvalue weighted by Crippen LogP contribution is 2.28. The van der Waals surface area contributed by atoms with Crippen LogP contribution in [0.5, 0.6) is 0 Å². The van der Waals surface area contributed by atoms with Crippen molar-refractivity contribution in [3.8, 4) is 0 Å². The molecule has 2 rings (SSSR count). The van der Waals surface area contributed by atoms with E-state index in [4.69, 9.17) is 0 Å². The second-order valence-corrected chi connectivity index (χ2v) is 6.83. The highest BCUT2D eigenvalue weighted by atomic mass is 79.9. The van der Waals surface area contributed by atoms with E-state index < -0.39 is 10.0 Å². The van der Waals surface area contributed by atoms with Gasteiger partial charge in [-0.3, -0.25) is 0 Å². The van der Waals surface area contributed by atoms with Gasteiger partial charge in [-0.1, -0.05) is 15.9 Å². The zero-order chi connectivity index (χ0) is 11.8. The normalized spacial score (nSPS) is 16.4. The first-order chi connectivity index (χ1) is 7.49. The van der Waals surface area contributed by atoms with Gasteiger partial charge < -0.3 is 0 Å². The van der Waals surface area contributed by atoms with Crippen LogP contribution in [0.4, 0.5) is 0 Å². The van der Waals surface area contributed by atoms with Crippen LogP contribution in [0.15, 0.2) is 27.6 Å². The Labute approximate surface area is 104 Å². The van der Waals surface area contributed by atoms with Crippen molar-refractivity contribution in [2.75, 3.05) is 6.54 Å². The van der Waals surface area contributed by atoms with Gasteiger partial charge in [0.05, 0.1) is 4.90 Å². The molecule has 1 aliphatic rings. The third-order valence-corrected chi connectivity index (χ3v) is 5.01. The predicted octanol–water partition coefficient (Wildman–Crippen LogP) is 2.45. The molecule has 0 amide bonds. The molecule has 1 fully saturated rings. The Hall–Kier alpha value is -0.390. The minimum Gasteiger partial charge on any atom is -0.211 e. The molecule has 3 nitrogen and oxygen atoms in total. The predicted molar refractivity (Wildman–Crippen MR) is 66.8 cm³/mol. The molecule has 0 aliphatic heterocycles. The molecule has 1 aromatic rings. The van der Waals surface area contributed by atoms with Crippen molar-refractivity contribution in [1.29, 1.82) is 0 Å². The summed E-state index contributed by atoms with van der Waals surface area (Å²) in [7, 11) is -3.33. The molecule has 16 heavy (non-hydrogen) atoms. The first-order valence-corrected chi connectivity index (χ1v) is 7.52. The van der Waals surface area contributed by atoms with Crippen molar-refractivity contribution in [2.45, 2.75) is 24.7 Å². The van der Waals surface area contributed by atoms with E-state index >= 15 is 0 Å². The fourth-order valence-electron chi connectivity index (χ4n) is 1.42. The van der Waals surface area contributed by atoms with Crippen LogP contribution in [0.3, 0.4) is 0 Å². The van der Waals surface area contributed by atoms with Crippen LogP contribution in [0.1, 0.15) is 18.4 Å². The molecule has 0 heterocycles. The summed E-state index contributed by atoms with van der Waals surface area (Å²) in [5.41, 5.74) is 0.925. The quantitative estimate of drug-likeness (QED) is 0.928. The summed E-state index contributed by atoms with van der Waals surface area (Å²) in [5.74, 6) is 0.548. The summed E-state index contributed by atoms with van der Waals surface area (Å²) in [6, 6.07) is 5.06. The average molecular weight is 304 g/mol. The molecule has 0 unspecified atom stereocenters. The Morgan fingerprint density at radius 1 is 1.44 bits per heavy atom. The van der Waals surface area contributed by atoms with Gasteiger partial charge in [-0.25, -0.2) is 13.1 Å². The summed E-state index contributed by atoms with van der Waals surface area (Å²) in [6.45, 7) is 2.45.